The minimum atomic E-state index is -0.0465. The van der Waals surface area contributed by atoms with Gasteiger partial charge in [0.05, 0.1) is 16.0 Å². The molecule has 0 amide bonds. The fourth-order valence-corrected chi connectivity index (χ4v) is 1.70. The first kappa shape index (κ1) is 10.5. The van der Waals surface area contributed by atoms with Crippen LogP contribution in [-0.4, -0.2) is 11.1 Å². The Morgan fingerprint density at radius 3 is 2.77 bits per heavy atom. The van der Waals surface area contributed by atoms with Gasteiger partial charge in [0, 0.05) is 5.56 Å². The van der Waals surface area contributed by atoms with Gasteiger partial charge in [0.1, 0.15) is 0 Å². The van der Waals surface area contributed by atoms with E-state index >= 15 is 0 Å². The molecule has 1 aromatic carbocycles. The molecule has 1 rings (SSSR count). The monoisotopic (exact) mass is 261 g/mol. The van der Waals surface area contributed by atoms with E-state index in [2.05, 4.69) is 15.9 Å². The lowest BCUT2D eigenvalue weighted by atomic mass is 10.0. The third-order valence-electron chi connectivity index (χ3n) is 1.78. The number of benzene rings is 1. The van der Waals surface area contributed by atoms with Crippen molar-refractivity contribution in [2.45, 2.75) is 6.92 Å². The van der Waals surface area contributed by atoms with Gasteiger partial charge in [-0.3, -0.25) is 4.79 Å². The number of ketones is 1. The summed E-state index contributed by atoms with van der Waals surface area (Å²) in [6, 6.07) is 3.49. The number of carbonyl (C=O) groups excluding carboxylic acids is 1. The van der Waals surface area contributed by atoms with Crippen molar-refractivity contribution in [2.24, 2.45) is 0 Å². The number of aryl methyl sites for hydroxylation is 1. The lowest BCUT2D eigenvalue weighted by Crippen LogP contribution is -2.05. The highest BCUT2D eigenvalue weighted by molar-refractivity contribution is 9.09. The predicted octanol–water partition coefficient (Wildman–Crippen LogP) is 2.81. The Labute approximate surface area is 90.2 Å². The molecule has 2 nitrogen and oxygen atoms in total. The molecule has 0 unspecified atom stereocenters. The highest BCUT2D eigenvalue weighted by Gasteiger charge is 2.13. The molecule has 0 saturated carbocycles. The van der Waals surface area contributed by atoms with E-state index < -0.39 is 0 Å². The van der Waals surface area contributed by atoms with Gasteiger partial charge >= 0.3 is 0 Å². The molecule has 0 aliphatic carbocycles. The van der Waals surface area contributed by atoms with Crippen LogP contribution in [0.25, 0.3) is 0 Å². The topological polar surface area (TPSA) is 43.1 Å². The molecule has 0 aliphatic rings. The summed E-state index contributed by atoms with van der Waals surface area (Å²) in [6.45, 7) is 1.83. The summed E-state index contributed by atoms with van der Waals surface area (Å²) in [5.74, 6) is -0.0465. The number of alkyl halides is 1. The highest BCUT2D eigenvalue weighted by atomic mass is 79.9. The zero-order valence-corrected chi connectivity index (χ0v) is 9.45. The van der Waals surface area contributed by atoms with E-state index in [-0.39, 0.29) is 11.1 Å². The lowest BCUT2D eigenvalue weighted by Gasteiger charge is -2.07. The molecule has 13 heavy (non-hydrogen) atoms. The van der Waals surface area contributed by atoms with Crippen LogP contribution < -0.4 is 5.73 Å². The molecule has 0 fully saturated rings. The second-order valence-corrected chi connectivity index (χ2v) is 3.66. The SMILES string of the molecule is Cc1ccc(N)c(Cl)c1C(=O)CBr. The first-order valence-electron chi connectivity index (χ1n) is 3.71. The maximum Gasteiger partial charge on any atom is 0.175 e. The Bertz CT molecular complexity index is 352. The Balaban J connectivity index is 3.33. The first-order valence-corrected chi connectivity index (χ1v) is 5.21. The second-order valence-electron chi connectivity index (χ2n) is 2.72. The van der Waals surface area contributed by atoms with Crippen LogP contribution in [0, 0.1) is 6.92 Å². The van der Waals surface area contributed by atoms with Crippen molar-refractivity contribution < 1.29 is 4.79 Å². The predicted molar refractivity (Wildman–Crippen MR) is 58.7 cm³/mol. The molecule has 0 saturated heterocycles. The summed E-state index contributed by atoms with van der Waals surface area (Å²) in [7, 11) is 0. The fourth-order valence-electron chi connectivity index (χ4n) is 1.10. The van der Waals surface area contributed by atoms with E-state index in [4.69, 9.17) is 17.3 Å². The van der Waals surface area contributed by atoms with E-state index in [1.807, 2.05) is 6.92 Å². The molecule has 0 atom stereocenters. The molecule has 0 bridgehead atoms. The summed E-state index contributed by atoms with van der Waals surface area (Å²) >= 11 is 9.00. The zero-order valence-electron chi connectivity index (χ0n) is 7.10. The number of rotatable bonds is 2. The molecule has 70 valence electrons. The number of nitrogen functional groups attached to an aromatic ring is 1. The molecule has 0 radical (unpaired) electrons. The lowest BCUT2D eigenvalue weighted by molar-refractivity contribution is 0.102. The molecule has 4 heteroatoms. The van der Waals surface area contributed by atoms with E-state index in [9.17, 15) is 4.79 Å². The molecule has 0 spiro atoms. The maximum absolute atomic E-state index is 11.4. The number of anilines is 1. The normalized spacial score (nSPS) is 10.1. The van der Waals surface area contributed by atoms with Gasteiger partial charge in [-0.1, -0.05) is 33.6 Å². The number of halogens is 2. The van der Waals surface area contributed by atoms with Crippen LogP contribution in [0.15, 0.2) is 12.1 Å². The van der Waals surface area contributed by atoms with Crippen LogP contribution in [-0.2, 0) is 0 Å². The average molecular weight is 263 g/mol. The zero-order chi connectivity index (χ0) is 10.0. The van der Waals surface area contributed by atoms with Crippen molar-refractivity contribution in [3.05, 3.63) is 28.3 Å². The van der Waals surface area contributed by atoms with Crippen LogP contribution in [0.5, 0.6) is 0 Å². The average Bonchev–Trinajstić information content (AvgIpc) is 2.12. The van der Waals surface area contributed by atoms with Gasteiger partial charge in [-0.15, -0.1) is 0 Å². The number of carbonyl (C=O) groups is 1. The van der Waals surface area contributed by atoms with Crippen LogP contribution in [0.4, 0.5) is 5.69 Å². The number of nitrogens with two attached hydrogens (primary N) is 1. The molecule has 2 N–H and O–H groups in total. The van der Waals surface area contributed by atoms with Crippen molar-refractivity contribution >= 4 is 39.0 Å². The van der Waals surface area contributed by atoms with Crippen molar-refractivity contribution in [1.29, 1.82) is 0 Å². The Kier molecular flexibility index (Phi) is 3.33. The minimum Gasteiger partial charge on any atom is -0.398 e. The standard InChI is InChI=1S/C9H9BrClNO/c1-5-2-3-6(12)9(11)8(5)7(13)4-10/h2-3H,4,12H2,1H3. The molecule has 0 heterocycles. The third kappa shape index (κ3) is 2.03. The van der Waals surface area contributed by atoms with Gasteiger partial charge in [0.15, 0.2) is 5.78 Å². The largest absolute Gasteiger partial charge is 0.398 e. The number of hydrogen-bond acceptors (Lipinski definition) is 2. The van der Waals surface area contributed by atoms with Crippen molar-refractivity contribution in [3.8, 4) is 0 Å². The highest BCUT2D eigenvalue weighted by Crippen LogP contribution is 2.26. The number of Topliss-reactive ketones (excluding diaryl/α,β-unsaturated/α-hetero) is 1. The molecule has 1 aromatic rings. The molecular formula is C9H9BrClNO. The Morgan fingerprint density at radius 2 is 2.23 bits per heavy atom. The summed E-state index contributed by atoms with van der Waals surface area (Å²) < 4.78 is 0. The smallest absolute Gasteiger partial charge is 0.175 e. The van der Waals surface area contributed by atoms with Gasteiger partial charge in [-0.25, -0.2) is 0 Å². The van der Waals surface area contributed by atoms with E-state index in [1.165, 1.54) is 0 Å². The first-order chi connectivity index (χ1) is 6.07. The fraction of sp³-hybridized carbons (Fsp3) is 0.222. The molecule has 0 aliphatic heterocycles. The van der Waals surface area contributed by atoms with Crippen LogP contribution >= 0.6 is 27.5 Å². The van der Waals surface area contributed by atoms with E-state index in [0.717, 1.165) is 5.56 Å². The Morgan fingerprint density at radius 1 is 1.62 bits per heavy atom. The summed E-state index contributed by atoms with van der Waals surface area (Å²) in [5, 5.41) is 0.612. The summed E-state index contributed by atoms with van der Waals surface area (Å²) in [4.78, 5) is 11.4. The van der Waals surface area contributed by atoms with E-state index in [1.54, 1.807) is 12.1 Å². The summed E-state index contributed by atoms with van der Waals surface area (Å²) in [5.41, 5.74) is 7.39. The van der Waals surface area contributed by atoms with E-state index in [0.29, 0.717) is 16.3 Å². The van der Waals surface area contributed by atoms with Crippen molar-refractivity contribution in [2.75, 3.05) is 11.1 Å². The third-order valence-corrected chi connectivity index (χ3v) is 2.70. The second kappa shape index (κ2) is 4.11. The number of hydrogen-bond donors (Lipinski definition) is 1. The minimum absolute atomic E-state index is 0.0465. The van der Waals surface area contributed by atoms with Crippen molar-refractivity contribution in [1.82, 2.24) is 0 Å². The van der Waals surface area contributed by atoms with Gasteiger partial charge in [-0.05, 0) is 18.6 Å². The van der Waals surface area contributed by atoms with Crippen LogP contribution in [0.3, 0.4) is 0 Å². The van der Waals surface area contributed by atoms with Gasteiger partial charge in [0.2, 0.25) is 0 Å². The summed E-state index contributed by atoms with van der Waals surface area (Å²) in [6.07, 6.45) is 0. The van der Waals surface area contributed by atoms with Crippen LogP contribution in [0.2, 0.25) is 5.02 Å². The molecule has 0 aromatic heterocycles. The van der Waals surface area contributed by atoms with Gasteiger partial charge in [0.25, 0.3) is 0 Å². The van der Waals surface area contributed by atoms with Crippen molar-refractivity contribution in [3.63, 3.8) is 0 Å². The van der Waals surface area contributed by atoms with Crippen LogP contribution in [0.1, 0.15) is 15.9 Å². The molecular weight excluding hydrogens is 253 g/mol. The Hall–Kier alpha value is -0.540. The quantitative estimate of drug-likeness (QED) is 0.506. The van der Waals surface area contributed by atoms with Gasteiger partial charge in [-0.2, -0.15) is 0 Å². The van der Waals surface area contributed by atoms with Gasteiger partial charge < -0.3 is 5.73 Å². The maximum atomic E-state index is 11.4.